The van der Waals surface area contributed by atoms with Gasteiger partial charge in [0, 0.05) is 38.0 Å². The number of thiazole rings is 1. The Morgan fingerprint density at radius 3 is 2.55 bits per heavy atom. The van der Waals surface area contributed by atoms with Crippen molar-refractivity contribution in [1.82, 2.24) is 14.9 Å². The number of anilines is 1. The van der Waals surface area contributed by atoms with Gasteiger partial charge in [-0.05, 0) is 29.7 Å². The summed E-state index contributed by atoms with van der Waals surface area (Å²) in [5.41, 5.74) is 3.61. The number of amides is 2. The van der Waals surface area contributed by atoms with Crippen LogP contribution in [0.5, 0.6) is 5.88 Å². The van der Waals surface area contributed by atoms with Gasteiger partial charge < -0.3 is 19.1 Å². The lowest BCUT2D eigenvalue weighted by atomic mass is 10.1. The zero-order valence-corrected chi connectivity index (χ0v) is 19.8. The molecule has 1 aromatic carbocycles. The Labute approximate surface area is 196 Å². The van der Waals surface area contributed by atoms with Gasteiger partial charge in [0.15, 0.2) is 5.13 Å². The van der Waals surface area contributed by atoms with Crippen molar-refractivity contribution >= 4 is 44.3 Å². The Morgan fingerprint density at radius 2 is 1.91 bits per heavy atom. The maximum absolute atomic E-state index is 12.8. The van der Waals surface area contributed by atoms with Crippen molar-refractivity contribution in [3.63, 3.8) is 0 Å². The number of aromatic nitrogens is 2. The monoisotopic (exact) mass is 470 g/mol. The fourth-order valence-electron chi connectivity index (χ4n) is 3.13. The summed E-state index contributed by atoms with van der Waals surface area (Å²) >= 11 is 1.33. The molecule has 0 fully saturated rings. The molecule has 3 rings (SSSR count). The van der Waals surface area contributed by atoms with E-state index in [2.05, 4.69) is 26.6 Å². The largest absolute Gasteiger partial charge is 0.479 e. The van der Waals surface area contributed by atoms with E-state index in [1.807, 2.05) is 0 Å². The van der Waals surface area contributed by atoms with Crippen molar-refractivity contribution in [2.24, 2.45) is 0 Å². The number of hydrogen-bond acceptors (Lipinski definition) is 8. The van der Waals surface area contributed by atoms with Gasteiger partial charge in [0.25, 0.3) is 5.91 Å². The van der Waals surface area contributed by atoms with E-state index in [0.29, 0.717) is 41.7 Å². The molecule has 3 aromatic rings. The molecule has 33 heavy (non-hydrogen) atoms. The molecule has 0 radical (unpaired) electrons. The molecule has 9 nitrogen and oxygen atoms in total. The number of hydrogen-bond donors (Lipinski definition) is 1. The van der Waals surface area contributed by atoms with E-state index < -0.39 is 6.09 Å². The van der Waals surface area contributed by atoms with E-state index in [1.165, 1.54) is 30.5 Å². The van der Waals surface area contributed by atoms with Crippen molar-refractivity contribution in [1.29, 1.82) is 0 Å². The van der Waals surface area contributed by atoms with E-state index in [-0.39, 0.29) is 5.91 Å². The Morgan fingerprint density at radius 1 is 1.18 bits per heavy atom. The number of benzene rings is 1. The van der Waals surface area contributed by atoms with Crippen molar-refractivity contribution in [3.8, 4) is 5.88 Å². The molecule has 0 spiro atoms. The molecule has 0 unspecified atom stereocenters. The van der Waals surface area contributed by atoms with Gasteiger partial charge in [0.05, 0.1) is 25.5 Å². The smallest absolute Gasteiger partial charge is 0.409 e. The van der Waals surface area contributed by atoms with E-state index in [1.54, 1.807) is 44.6 Å². The topological polar surface area (TPSA) is 103 Å². The highest BCUT2D eigenvalue weighted by molar-refractivity contribution is 7.22. The molecule has 0 aliphatic rings. The molecule has 0 aliphatic heterocycles. The van der Waals surface area contributed by atoms with Crippen LogP contribution in [0.1, 0.15) is 27.9 Å². The molecule has 0 atom stereocenters. The second-order valence-electron chi connectivity index (χ2n) is 7.20. The van der Waals surface area contributed by atoms with Gasteiger partial charge >= 0.3 is 6.09 Å². The Kier molecular flexibility index (Phi) is 7.96. The summed E-state index contributed by atoms with van der Waals surface area (Å²) in [4.78, 5) is 34.6. The Hall–Kier alpha value is -3.50. The number of methoxy groups -OCH3 is 3. The first-order valence-corrected chi connectivity index (χ1v) is 10.9. The number of nitrogens with zero attached hydrogens (tertiary/aromatic N) is 3. The fraction of sp³-hybridized carbons (Fsp3) is 0.304. The molecular weight excluding hydrogens is 444 g/mol. The van der Waals surface area contributed by atoms with Gasteiger partial charge in [-0.1, -0.05) is 30.0 Å². The van der Waals surface area contributed by atoms with Crippen molar-refractivity contribution in [2.75, 3.05) is 40.3 Å². The summed E-state index contributed by atoms with van der Waals surface area (Å²) in [6.45, 7) is 5.04. The summed E-state index contributed by atoms with van der Waals surface area (Å²) in [5, 5.41) is 3.27. The lowest BCUT2D eigenvalue weighted by molar-refractivity contribution is 0.102. The third-order valence-electron chi connectivity index (χ3n) is 4.91. The van der Waals surface area contributed by atoms with Crippen LogP contribution in [0.2, 0.25) is 0 Å². The molecule has 0 aliphatic carbocycles. The second kappa shape index (κ2) is 10.9. The van der Waals surface area contributed by atoms with Crippen LogP contribution in [0.4, 0.5) is 9.93 Å². The van der Waals surface area contributed by atoms with Crippen LogP contribution in [0, 0.1) is 0 Å². The van der Waals surface area contributed by atoms with Crippen LogP contribution in [-0.2, 0) is 16.0 Å². The van der Waals surface area contributed by atoms with E-state index in [4.69, 9.17) is 9.47 Å². The highest BCUT2D eigenvalue weighted by Gasteiger charge is 2.18. The molecule has 174 valence electrons. The number of ether oxygens (including phenoxy) is 3. The fourth-order valence-corrected chi connectivity index (χ4v) is 4.14. The van der Waals surface area contributed by atoms with Gasteiger partial charge in [-0.2, -0.15) is 0 Å². The predicted octanol–water partition coefficient (Wildman–Crippen LogP) is 4.20. The van der Waals surface area contributed by atoms with E-state index >= 15 is 0 Å². The molecule has 2 aromatic heterocycles. The first-order chi connectivity index (χ1) is 15.9. The quantitative estimate of drug-likeness (QED) is 0.500. The summed E-state index contributed by atoms with van der Waals surface area (Å²) in [5.74, 6) is 0.0812. The van der Waals surface area contributed by atoms with Gasteiger partial charge in [-0.3, -0.25) is 10.1 Å². The predicted molar refractivity (Wildman–Crippen MR) is 128 cm³/mol. The number of fused-ring (bicyclic) bond motifs is 1. The van der Waals surface area contributed by atoms with Crippen LogP contribution >= 0.6 is 11.3 Å². The summed E-state index contributed by atoms with van der Waals surface area (Å²) < 4.78 is 16.0. The third kappa shape index (κ3) is 5.65. The van der Waals surface area contributed by atoms with Crippen LogP contribution in [0.3, 0.4) is 0 Å². The molecule has 1 N–H and O–H groups in total. The van der Waals surface area contributed by atoms with Crippen molar-refractivity contribution in [2.45, 2.75) is 13.0 Å². The maximum atomic E-state index is 12.8. The Balaban J connectivity index is 1.79. The van der Waals surface area contributed by atoms with Gasteiger partial charge in [0.1, 0.15) is 5.52 Å². The van der Waals surface area contributed by atoms with E-state index in [0.717, 1.165) is 21.4 Å². The number of carbonyl (C=O) groups is 2. The normalized spacial score (nSPS) is 10.7. The zero-order chi connectivity index (χ0) is 24.0. The summed E-state index contributed by atoms with van der Waals surface area (Å²) in [6.07, 6.45) is 1.92. The van der Waals surface area contributed by atoms with Crippen LogP contribution in [0.15, 0.2) is 37.0 Å². The molecule has 0 saturated carbocycles. The first-order valence-electron chi connectivity index (χ1n) is 10.1. The van der Waals surface area contributed by atoms with Crippen LogP contribution in [-0.4, -0.2) is 61.9 Å². The average molecular weight is 471 g/mol. The van der Waals surface area contributed by atoms with Gasteiger partial charge in [-0.15, -0.1) is 0 Å². The molecule has 2 amide bonds. The van der Waals surface area contributed by atoms with Crippen LogP contribution < -0.4 is 10.1 Å². The molecule has 10 heteroatoms. The molecular formula is C23H26N4O5S. The lowest BCUT2D eigenvalue weighted by Crippen LogP contribution is -2.25. The summed E-state index contributed by atoms with van der Waals surface area (Å²) in [6, 6.07) is 6.97. The molecule has 0 saturated heterocycles. The highest BCUT2D eigenvalue weighted by atomic mass is 32.1. The van der Waals surface area contributed by atoms with Crippen molar-refractivity contribution in [3.05, 3.63) is 53.7 Å². The third-order valence-corrected chi connectivity index (χ3v) is 5.91. The number of carbonyl (C=O) groups excluding carboxylic acids is 2. The van der Waals surface area contributed by atoms with Gasteiger partial charge in [-0.25, -0.2) is 14.8 Å². The maximum Gasteiger partial charge on any atom is 0.409 e. The number of pyridine rings is 1. The average Bonchev–Trinajstić information content (AvgIpc) is 3.25. The minimum absolute atomic E-state index is 0.298. The zero-order valence-electron chi connectivity index (χ0n) is 19.0. The van der Waals surface area contributed by atoms with Gasteiger partial charge in [0.2, 0.25) is 5.88 Å². The van der Waals surface area contributed by atoms with Crippen molar-refractivity contribution < 1.29 is 23.8 Å². The first kappa shape index (κ1) is 24.1. The number of nitrogens with one attached hydrogen (secondary N) is 1. The van der Waals surface area contributed by atoms with Crippen LogP contribution in [0.25, 0.3) is 15.8 Å². The summed E-state index contributed by atoms with van der Waals surface area (Å²) in [7, 11) is 6.14. The standard InChI is InChI=1S/C23H26N4O5S/c1-14(10-11-30-3)17-12-24-21(31-4)18-19(17)33-22(25-18)26-20(28)16-8-6-15(7-9-16)13-27(2)23(29)32-5/h6-9,12H,1,10-11,13H2,2-5H3,(H,25,26,28). The SMILES string of the molecule is C=C(CCOC)c1cnc(OC)c2nc(NC(=O)c3ccc(CN(C)C(=O)OC)cc3)sc12. The minimum Gasteiger partial charge on any atom is -0.479 e. The second-order valence-corrected chi connectivity index (χ2v) is 8.20. The number of rotatable bonds is 9. The molecule has 0 bridgehead atoms. The van der Waals surface area contributed by atoms with E-state index in [9.17, 15) is 9.59 Å². The Bertz CT molecular complexity index is 1160. The molecule has 2 heterocycles. The lowest BCUT2D eigenvalue weighted by Gasteiger charge is -2.15. The minimum atomic E-state index is -0.429. The highest BCUT2D eigenvalue weighted by Crippen LogP contribution is 2.36.